The molecule has 0 unspecified atom stereocenters. The van der Waals surface area contributed by atoms with E-state index in [0.29, 0.717) is 16.2 Å². The lowest BCUT2D eigenvalue weighted by Gasteiger charge is -2.05. The Morgan fingerprint density at radius 3 is 2.62 bits per heavy atom. The van der Waals surface area contributed by atoms with E-state index in [1.807, 2.05) is 0 Å². The number of aromatic nitrogens is 2. The number of nitrogens with one attached hydrogen (secondary N) is 1. The van der Waals surface area contributed by atoms with Crippen molar-refractivity contribution in [3.63, 3.8) is 0 Å². The molecule has 0 bridgehead atoms. The van der Waals surface area contributed by atoms with Crippen LogP contribution in [0.5, 0.6) is 0 Å². The van der Waals surface area contributed by atoms with Crippen LogP contribution in [0.3, 0.4) is 0 Å². The minimum atomic E-state index is -4.34. The van der Waals surface area contributed by atoms with Crippen LogP contribution in [0.2, 0.25) is 0 Å². The van der Waals surface area contributed by atoms with E-state index in [9.17, 15) is 13.2 Å². The van der Waals surface area contributed by atoms with Crippen LogP contribution in [-0.4, -0.2) is 15.7 Å². The van der Waals surface area contributed by atoms with Crippen molar-refractivity contribution in [3.05, 3.63) is 47.1 Å². The molecule has 0 aliphatic heterocycles. The molecule has 0 saturated carbocycles. The number of allylic oxidation sites excluding steroid dienone is 3. The highest BCUT2D eigenvalue weighted by Crippen LogP contribution is 2.31. The molecular formula is C18H21F3N2S. The molecule has 0 saturated heterocycles. The molecule has 2 rings (SSSR count). The molecule has 0 amide bonds. The molecule has 24 heavy (non-hydrogen) atoms. The number of H-pyrrole nitrogens is 1. The van der Waals surface area contributed by atoms with E-state index in [-0.39, 0.29) is 0 Å². The van der Waals surface area contributed by atoms with Gasteiger partial charge in [-0.3, -0.25) is 0 Å². The lowest BCUT2D eigenvalue weighted by atomic mass is 10.1. The summed E-state index contributed by atoms with van der Waals surface area (Å²) < 4.78 is 38.1. The van der Waals surface area contributed by atoms with Crippen molar-refractivity contribution in [2.24, 2.45) is 0 Å². The van der Waals surface area contributed by atoms with Crippen LogP contribution in [0.1, 0.15) is 39.2 Å². The summed E-state index contributed by atoms with van der Waals surface area (Å²) >= 11 is 1.49. The van der Waals surface area contributed by atoms with Gasteiger partial charge in [0, 0.05) is 5.75 Å². The Labute approximate surface area is 144 Å². The highest BCUT2D eigenvalue weighted by Gasteiger charge is 2.30. The Balaban J connectivity index is 1.97. The summed E-state index contributed by atoms with van der Waals surface area (Å²) in [6.45, 7) is 6.26. The summed E-state index contributed by atoms with van der Waals surface area (Å²) in [4.78, 5) is 7.27. The van der Waals surface area contributed by atoms with Crippen LogP contribution >= 0.6 is 11.8 Å². The van der Waals surface area contributed by atoms with Crippen molar-refractivity contribution < 1.29 is 13.2 Å². The molecule has 0 aliphatic carbocycles. The Morgan fingerprint density at radius 2 is 1.96 bits per heavy atom. The molecule has 0 spiro atoms. The summed E-state index contributed by atoms with van der Waals surface area (Å²) in [5, 5.41) is 0.637. The molecule has 1 aromatic carbocycles. The topological polar surface area (TPSA) is 28.7 Å². The summed E-state index contributed by atoms with van der Waals surface area (Å²) in [6.07, 6.45) is 2.05. The minimum Gasteiger partial charge on any atom is -0.333 e. The molecule has 2 nitrogen and oxygen atoms in total. The Kier molecular flexibility index (Phi) is 6.15. The number of aromatic amines is 1. The third-order valence-electron chi connectivity index (χ3n) is 3.53. The van der Waals surface area contributed by atoms with E-state index in [2.05, 4.69) is 42.9 Å². The first-order valence-corrected chi connectivity index (χ1v) is 8.73. The quantitative estimate of drug-likeness (QED) is 0.482. The first-order chi connectivity index (χ1) is 11.3. The smallest absolute Gasteiger partial charge is 0.333 e. The zero-order valence-electron chi connectivity index (χ0n) is 14.0. The molecule has 1 N–H and O–H groups in total. The van der Waals surface area contributed by atoms with Gasteiger partial charge in [0.05, 0.1) is 16.6 Å². The van der Waals surface area contributed by atoms with Crippen LogP contribution in [0.4, 0.5) is 13.2 Å². The van der Waals surface area contributed by atoms with Crippen molar-refractivity contribution in [1.29, 1.82) is 0 Å². The van der Waals surface area contributed by atoms with Crippen molar-refractivity contribution in [2.75, 3.05) is 5.75 Å². The summed E-state index contributed by atoms with van der Waals surface area (Å²) in [5.41, 5.74) is 2.92. The second-order valence-electron chi connectivity index (χ2n) is 5.95. The lowest BCUT2D eigenvalue weighted by Crippen LogP contribution is -2.04. The van der Waals surface area contributed by atoms with Crippen molar-refractivity contribution >= 4 is 22.8 Å². The number of benzene rings is 1. The number of nitrogens with zero attached hydrogens (tertiary/aromatic N) is 1. The van der Waals surface area contributed by atoms with Gasteiger partial charge in [-0.1, -0.05) is 35.1 Å². The number of fused-ring (bicyclic) bond motifs is 1. The molecule has 1 aromatic heterocycles. The Bertz CT molecular complexity index is 753. The SMILES string of the molecule is CC(C)=CCC/C(C)=C/CSc1nc2ccc(C(F)(F)F)cc2[nH]1. The van der Waals surface area contributed by atoms with Crippen molar-refractivity contribution in [3.8, 4) is 0 Å². The summed E-state index contributed by atoms with van der Waals surface area (Å²) in [5.74, 6) is 0.743. The van der Waals surface area contributed by atoms with Crippen LogP contribution < -0.4 is 0 Å². The van der Waals surface area contributed by atoms with Gasteiger partial charge < -0.3 is 4.98 Å². The van der Waals surface area contributed by atoms with E-state index in [1.54, 1.807) is 0 Å². The van der Waals surface area contributed by atoms with Crippen LogP contribution in [0.25, 0.3) is 11.0 Å². The Hall–Kier alpha value is -1.69. The van der Waals surface area contributed by atoms with Gasteiger partial charge in [-0.25, -0.2) is 4.98 Å². The number of hydrogen-bond acceptors (Lipinski definition) is 2. The summed E-state index contributed by atoms with van der Waals surface area (Å²) in [7, 11) is 0. The maximum Gasteiger partial charge on any atom is 0.416 e. The molecule has 0 radical (unpaired) electrons. The highest BCUT2D eigenvalue weighted by atomic mass is 32.2. The minimum absolute atomic E-state index is 0.414. The largest absolute Gasteiger partial charge is 0.416 e. The van der Waals surface area contributed by atoms with Gasteiger partial charge in [0.1, 0.15) is 0 Å². The molecular weight excluding hydrogens is 333 g/mol. The van der Waals surface area contributed by atoms with Gasteiger partial charge >= 0.3 is 6.18 Å². The summed E-state index contributed by atoms with van der Waals surface area (Å²) in [6, 6.07) is 3.57. The van der Waals surface area contributed by atoms with Crippen LogP contribution in [0, 0.1) is 0 Å². The van der Waals surface area contributed by atoms with Crippen molar-refractivity contribution in [2.45, 2.75) is 44.9 Å². The second-order valence-corrected chi connectivity index (χ2v) is 6.96. The predicted molar refractivity (Wildman–Crippen MR) is 94.2 cm³/mol. The van der Waals surface area contributed by atoms with Crippen LogP contribution in [0.15, 0.2) is 46.7 Å². The standard InChI is InChI=1S/C18H21F3N2S/c1-12(2)5-4-6-13(3)9-10-24-17-22-15-8-7-14(18(19,20)21)11-16(15)23-17/h5,7-9,11H,4,6,10H2,1-3H3,(H,22,23)/b13-9+. The monoisotopic (exact) mass is 354 g/mol. The fourth-order valence-electron chi connectivity index (χ4n) is 2.18. The number of thioether (sulfide) groups is 1. The fourth-order valence-corrected chi connectivity index (χ4v) is 3.06. The average molecular weight is 354 g/mol. The molecule has 0 aliphatic rings. The van der Waals surface area contributed by atoms with Gasteiger partial charge in [-0.2, -0.15) is 13.2 Å². The van der Waals surface area contributed by atoms with Gasteiger partial charge in [0.2, 0.25) is 0 Å². The zero-order valence-corrected chi connectivity index (χ0v) is 14.8. The normalized spacial score (nSPS) is 12.7. The molecule has 130 valence electrons. The Morgan fingerprint density at radius 1 is 1.21 bits per heavy atom. The third-order valence-corrected chi connectivity index (χ3v) is 4.33. The first-order valence-electron chi connectivity index (χ1n) is 7.74. The maximum atomic E-state index is 12.7. The molecule has 0 fully saturated rings. The molecule has 1 heterocycles. The maximum absolute atomic E-state index is 12.7. The van der Waals surface area contributed by atoms with E-state index >= 15 is 0 Å². The van der Waals surface area contributed by atoms with E-state index < -0.39 is 11.7 Å². The number of hydrogen-bond donors (Lipinski definition) is 1. The van der Waals surface area contributed by atoms with Gasteiger partial charge in [-0.15, -0.1) is 0 Å². The molecule has 2 aromatic rings. The third kappa shape index (κ3) is 5.44. The fraction of sp³-hybridized carbons (Fsp3) is 0.389. The predicted octanol–water partition coefficient (Wildman–Crippen LogP) is 6.37. The average Bonchev–Trinajstić information content (AvgIpc) is 2.87. The highest BCUT2D eigenvalue weighted by molar-refractivity contribution is 7.99. The number of imidazole rings is 1. The van der Waals surface area contributed by atoms with E-state index in [4.69, 9.17) is 0 Å². The van der Waals surface area contributed by atoms with E-state index in [0.717, 1.165) is 30.7 Å². The number of alkyl halides is 3. The van der Waals surface area contributed by atoms with Crippen molar-refractivity contribution in [1.82, 2.24) is 9.97 Å². The number of halogens is 3. The molecule has 6 heteroatoms. The molecule has 0 atom stereocenters. The second kappa shape index (κ2) is 7.92. The van der Waals surface area contributed by atoms with Gasteiger partial charge in [-0.05, 0) is 51.8 Å². The van der Waals surface area contributed by atoms with Gasteiger partial charge in [0.15, 0.2) is 5.16 Å². The zero-order chi connectivity index (χ0) is 17.7. The first kappa shape index (κ1) is 18.6. The number of rotatable bonds is 6. The van der Waals surface area contributed by atoms with Gasteiger partial charge in [0.25, 0.3) is 0 Å². The van der Waals surface area contributed by atoms with E-state index in [1.165, 1.54) is 29.0 Å². The van der Waals surface area contributed by atoms with Crippen LogP contribution in [-0.2, 0) is 6.18 Å². The lowest BCUT2D eigenvalue weighted by molar-refractivity contribution is -0.137.